The maximum absolute atomic E-state index is 12.5. The Morgan fingerprint density at radius 3 is 2.20 bits per heavy atom. The molecule has 20 heavy (non-hydrogen) atoms. The molecule has 0 amide bonds. The van der Waals surface area contributed by atoms with Crippen molar-refractivity contribution in [2.24, 2.45) is 5.92 Å². The van der Waals surface area contributed by atoms with Crippen molar-refractivity contribution in [2.75, 3.05) is 45.9 Å². The normalized spacial score (nSPS) is 24.4. The summed E-state index contributed by atoms with van der Waals surface area (Å²) in [6.07, 6.45) is 1.90. The van der Waals surface area contributed by atoms with Crippen LogP contribution >= 0.6 is 0 Å². The molecule has 7 heteroatoms. The van der Waals surface area contributed by atoms with Gasteiger partial charge in [0, 0.05) is 32.2 Å². The van der Waals surface area contributed by atoms with Crippen molar-refractivity contribution in [3.05, 3.63) is 0 Å². The van der Waals surface area contributed by atoms with E-state index in [0.29, 0.717) is 51.4 Å². The topological polar surface area (TPSA) is 61.9 Å². The Hall–Kier alpha value is -0.210. The molecule has 118 valence electrons. The van der Waals surface area contributed by atoms with Crippen molar-refractivity contribution >= 4 is 10.2 Å². The van der Waals surface area contributed by atoms with E-state index in [-0.39, 0.29) is 0 Å². The summed E-state index contributed by atoms with van der Waals surface area (Å²) in [6.45, 7) is 8.53. The van der Waals surface area contributed by atoms with Gasteiger partial charge in [-0.2, -0.15) is 17.0 Å². The molecule has 2 aliphatic rings. The number of ether oxygens (including phenoxy) is 1. The molecule has 2 rings (SSSR count). The first-order chi connectivity index (χ1) is 9.50. The smallest absolute Gasteiger partial charge is 0.282 e. The maximum Gasteiger partial charge on any atom is 0.282 e. The van der Waals surface area contributed by atoms with Crippen LogP contribution in [0.5, 0.6) is 0 Å². The standard InChI is InChI=1S/C13H27N3O3S/c1-12(2)14-11-13-3-5-15(6-4-13)20(17,18)16-7-9-19-10-8-16/h12-14H,3-11H2,1-2H3. The number of rotatable bonds is 5. The van der Waals surface area contributed by atoms with E-state index in [1.165, 1.54) is 0 Å². The number of nitrogens with one attached hydrogen (secondary N) is 1. The molecule has 0 atom stereocenters. The summed E-state index contributed by atoms with van der Waals surface area (Å²) in [5.41, 5.74) is 0. The highest BCUT2D eigenvalue weighted by molar-refractivity contribution is 7.86. The van der Waals surface area contributed by atoms with Gasteiger partial charge in [-0.25, -0.2) is 0 Å². The monoisotopic (exact) mass is 305 g/mol. The molecule has 6 nitrogen and oxygen atoms in total. The lowest BCUT2D eigenvalue weighted by Crippen LogP contribution is -2.51. The van der Waals surface area contributed by atoms with E-state index >= 15 is 0 Å². The molecular formula is C13H27N3O3S. The molecule has 2 heterocycles. The minimum absolute atomic E-state index is 0.483. The molecule has 2 fully saturated rings. The second kappa shape index (κ2) is 7.17. The molecule has 0 bridgehead atoms. The van der Waals surface area contributed by atoms with E-state index in [2.05, 4.69) is 19.2 Å². The quantitative estimate of drug-likeness (QED) is 0.792. The van der Waals surface area contributed by atoms with Gasteiger partial charge >= 0.3 is 0 Å². The van der Waals surface area contributed by atoms with E-state index in [1.54, 1.807) is 8.61 Å². The fourth-order valence-electron chi connectivity index (χ4n) is 2.69. The van der Waals surface area contributed by atoms with Crippen LogP contribution < -0.4 is 5.32 Å². The Bertz CT molecular complexity index is 386. The summed E-state index contributed by atoms with van der Waals surface area (Å²) in [5, 5.41) is 3.44. The summed E-state index contributed by atoms with van der Waals surface area (Å²) in [4.78, 5) is 0. The molecule has 2 aliphatic heterocycles. The molecule has 0 aromatic heterocycles. The van der Waals surface area contributed by atoms with E-state index < -0.39 is 10.2 Å². The summed E-state index contributed by atoms with van der Waals surface area (Å²) in [5.74, 6) is 0.591. The van der Waals surface area contributed by atoms with Crippen molar-refractivity contribution in [3.8, 4) is 0 Å². The predicted octanol–water partition coefficient (Wildman–Crippen LogP) is 0.273. The van der Waals surface area contributed by atoms with Gasteiger partial charge < -0.3 is 10.1 Å². The highest BCUT2D eigenvalue weighted by Crippen LogP contribution is 2.21. The van der Waals surface area contributed by atoms with Crippen molar-refractivity contribution in [1.82, 2.24) is 13.9 Å². The van der Waals surface area contributed by atoms with E-state index in [4.69, 9.17) is 4.74 Å². The minimum Gasteiger partial charge on any atom is -0.379 e. The second-order valence-corrected chi connectivity index (χ2v) is 7.85. The van der Waals surface area contributed by atoms with Crippen LogP contribution in [0.3, 0.4) is 0 Å². The number of hydrogen-bond acceptors (Lipinski definition) is 4. The molecule has 1 N–H and O–H groups in total. The molecule has 0 radical (unpaired) electrons. The van der Waals surface area contributed by atoms with Gasteiger partial charge in [0.1, 0.15) is 0 Å². The summed E-state index contributed by atoms with van der Waals surface area (Å²) < 4.78 is 33.4. The lowest BCUT2D eigenvalue weighted by Gasteiger charge is -2.36. The first kappa shape index (κ1) is 16.2. The summed E-state index contributed by atoms with van der Waals surface area (Å²) in [7, 11) is -3.27. The number of morpholine rings is 1. The summed E-state index contributed by atoms with van der Waals surface area (Å²) >= 11 is 0. The number of piperidine rings is 1. The highest BCUT2D eigenvalue weighted by Gasteiger charge is 2.33. The van der Waals surface area contributed by atoms with E-state index in [1.807, 2.05) is 0 Å². The van der Waals surface area contributed by atoms with Gasteiger partial charge in [0.15, 0.2) is 0 Å². The van der Waals surface area contributed by atoms with Gasteiger partial charge in [0.2, 0.25) is 0 Å². The fourth-order valence-corrected chi connectivity index (χ4v) is 4.30. The van der Waals surface area contributed by atoms with E-state index in [0.717, 1.165) is 19.4 Å². The zero-order valence-electron chi connectivity index (χ0n) is 12.5. The Morgan fingerprint density at radius 1 is 1.10 bits per heavy atom. The Labute approximate surface area is 122 Å². The average Bonchev–Trinajstić information content (AvgIpc) is 2.46. The third-order valence-corrected chi connectivity index (χ3v) is 6.05. The van der Waals surface area contributed by atoms with Crippen LogP contribution in [0.1, 0.15) is 26.7 Å². The Morgan fingerprint density at radius 2 is 1.65 bits per heavy atom. The van der Waals surface area contributed by atoms with Crippen molar-refractivity contribution < 1.29 is 13.2 Å². The second-order valence-electron chi connectivity index (χ2n) is 5.92. The van der Waals surface area contributed by atoms with Crippen LogP contribution in [0.2, 0.25) is 0 Å². The first-order valence-electron chi connectivity index (χ1n) is 7.56. The number of hydrogen-bond donors (Lipinski definition) is 1. The van der Waals surface area contributed by atoms with Gasteiger partial charge in [-0.3, -0.25) is 0 Å². The molecule has 0 aromatic carbocycles. The molecular weight excluding hydrogens is 278 g/mol. The SMILES string of the molecule is CC(C)NCC1CCN(S(=O)(=O)N2CCOCC2)CC1. The van der Waals surface area contributed by atoms with Gasteiger partial charge in [0.25, 0.3) is 10.2 Å². The van der Waals surface area contributed by atoms with Gasteiger partial charge in [0.05, 0.1) is 13.2 Å². The van der Waals surface area contributed by atoms with Crippen LogP contribution in [0.4, 0.5) is 0 Å². The largest absolute Gasteiger partial charge is 0.379 e. The van der Waals surface area contributed by atoms with Gasteiger partial charge in [-0.15, -0.1) is 0 Å². The maximum atomic E-state index is 12.5. The van der Waals surface area contributed by atoms with E-state index in [9.17, 15) is 8.42 Å². The van der Waals surface area contributed by atoms with Crippen molar-refractivity contribution in [2.45, 2.75) is 32.7 Å². The fraction of sp³-hybridized carbons (Fsp3) is 1.00. The third kappa shape index (κ3) is 4.14. The molecule has 0 aliphatic carbocycles. The molecule has 0 saturated carbocycles. The van der Waals surface area contributed by atoms with Crippen molar-refractivity contribution in [1.29, 1.82) is 0 Å². The zero-order chi connectivity index (χ0) is 14.6. The molecule has 0 spiro atoms. The molecule has 0 unspecified atom stereocenters. The zero-order valence-corrected chi connectivity index (χ0v) is 13.4. The Balaban J connectivity index is 1.83. The van der Waals surface area contributed by atoms with Crippen LogP contribution in [-0.4, -0.2) is 69.0 Å². The van der Waals surface area contributed by atoms with Crippen molar-refractivity contribution in [3.63, 3.8) is 0 Å². The van der Waals surface area contributed by atoms with Crippen LogP contribution in [0.15, 0.2) is 0 Å². The lowest BCUT2D eigenvalue weighted by atomic mass is 9.98. The summed E-state index contributed by atoms with van der Waals surface area (Å²) in [6, 6.07) is 0.491. The molecule has 0 aromatic rings. The average molecular weight is 305 g/mol. The van der Waals surface area contributed by atoms with Crippen LogP contribution in [0.25, 0.3) is 0 Å². The minimum atomic E-state index is -3.27. The van der Waals surface area contributed by atoms with Gasteiger partial charge in [-0.1, -0.05) is 13.8 Å². The lowest BCUT2D eigenvalue weighted by molar-refractivity contribution is 0.0693. The third-order valence-electron chi connectivity index (χ3n) is 4.01. The van der Waals surface area contributed by atoms with Crippen LogP contribution in [0, 0.1) is 5.92 Å². The van der Waals surface area contributed by atoms with Gasteiger partial charge in [-0.05, 0) is 25.3 Å². The predicted molar refractivity (Wildman–Crippen MR) is 78.7 cm³/mol. The molecule has 2 saturated heterocycles. The number of nitrogens with zero attached hydrogens (tertiary/aromatic N) is 2. The first-order valence-corrected chi connectivity index (χ1v) is 8.96. The van der Waals surface area contributed by atoms with Crippen LogP contribution in [-0.2, 0) is 14.9 Å². The highest BCUT2D eigenvalue weighted by atomic mass is 32.2. The Kier molecular flexibility index (Phi) is 5.80.